The normalized spacial score (nSPS) is 15.8. The third-order valence-electron chi connectivity index (χ3n) is 5.96. The minimum Gasteiger partial charge on any atom is -0.475 e. The Balaban J connectivity index is 0.000000426. The maximum Gasteiger partial charge on any atom is 0.490 e. The summed E-state index contributed by atoms with van der Waals surface area (Å²) in [5.74, 6) is -1.97. The van der Waals surface area contributed by atoms with Gasteiger partial charge in [0.05, 0.1) is 30.4 Å². The molecule has 5 heterocycles. The fourth-order valence-corrected chi connectivity index (χ4v) is 4.25. The lowest BCUT2D eigenvalue weighted by atomic mass is 9.96. The van der Waals surface area contributed by atoms with Gasteiger partial charge in [-0.3, -0.25) is 4.68 Å². The average molecular weight is 524 g/mol. The molecule has 1 saturated heterocycles. The monoisotopic (exact) mass is 524 g/mol. The van der Waals surface area contributed by atoms with E-state index in [0.717, 1.165) is 35.3 Å². The highest BCUT2D eigenvalue weighted by atomic mass is 19.4. The number of anilines is 1. The van der Waals surface area contributed by atoms with Crippen molar-refractivity contribution >= 4 is 22.8 Å². The van der Waals surface area contributed by atoms with Crippen LogP contribution in [-0.4, -0.2) is 65.0 Å². The molecule has 2 atom stereocenters. The summed E-state index contributed by atoms with van der Waals surface area (Å²) in [6.07, 6.45) is 6.34. The number of nitriles is 2. The smallest absolute Gasteiger partial charge is 0.475 e. The molecule has 0 amide bonds. The van der Waals surface area contributed by atoms with Gasteiger partial charge in [0.2, 0.25) is 0 Å². The Morgan fingerprint density at radius 3 is 2.71 bits per heavy atom. The van der Waals surface area contributed by atoms with Crippen LogP contribution in [0, 0.1) is 28.6 Å². The molecule has 15 heteroatoms. The van der Waals surface area contributed by atoms with Crippen molar-refractivity contribution in [2.45, 2.75) is 25.1 Å². The zero-order valence-corrected chi connectivity index (χ0v) is 19.5. The second-order valence-electron chi connectivity index (χ2n) is 8.24. The summed E-state index contributed by atoms with van der Waals surface area (Å²) in [6.45, 7) is 1.44. The van der Waals surface area contributed by atoms with E-state index in [2.05, 4.69) is 47.1 Å². The van der Waals surface area contributed by atoms with Crippen LogP contribution in [0.5, 0.6) is 0 Å². The van der Waals surface area contributed by atoms with Gasteiger partial charge >= 0.3 is 12.1 Å². The minimum absolute atomic E-state index is 0.0884. The van der Waals surface area contributed by atoms with Crippen molar-refractivity contribution in [3.8, 4) is 23.4 Å². The highest BCUT2D eigenvalue weighted by Crippen LogP contribution is 2.34. The number of alkyl halides is 3. The minimum atomic E-state index is -5.08. The Morgan fingerprint density at radius 2 is 2.00 bits per heavy atom. The quantitative estimate of drug-likeness (QED) is 0.395. The molecule has 1 aliphatic rings. The van der Waals surface area contributed by atoms with Crippen molar-refractivity contribution in [2.24, 2.45) is 5.92 Å². The summed E-state index contributed by atoms with van der Waals surface area (Å²) in [4.78, 5) is 31.2. The largest absolute Gasteiger partial charge is 0.490 e. The zero-order valence-electron chi connectivity index (χ0n) is 19.5. The number of carboxylic acids is 1. The summed E-state index contributed by atoms with van der Waals surface area (Å²) < 4.78 is 33.6. The van der Waals surface area contributed by atoms with Gasteiger partial charge in [-0.2, -0.15) is 28.8 Å². The van der Waals surface area contributed by atoms with Gasteiger partial charge in [-0.25, -0.2) is 24.7 Å². The molecular weight excluding hydrogens is 505 g/mol. The molecule has 4 aromatic heterocycles. The third-order valence-corrected chi connectivity index (χ3v) is 5.96. The lowest BCUT2D eigenvalue weighted by molar-refractivity contribution is -0.192. The van der Waals surface area contributed by atoms with Gasteiger partial charge in [0, 0.05) is 54.7 Å². The number of nitrogens with one attached hydrogen (secondary N) is 1. The molecule has 0 bridgehead atoms. The number of H-pyrrole nitrogens is 1. The standard InChI is InChI=1S/C21H18N10.C2HF3O2/c22-4-1-18(14-3-8-30(11-14)21-17(9-23)24-6-7-26-21)31-12-15(10-29-31)19-16-2-5-25-20(16)28-13-27-19;3-2(4,5)1(6)7/h2,5-7,10,12-14,18H,1,3,8,11H2,(H,25,27,28);(H,6,7)/t14-,18-;/m0./s1. The Labute approximate surface area is 213 Å². The number of carbonyl (C=O) groups is 1. The zero-order chi connectivity index (χ0) is 27.3. The van der Waals surface area contributed by atoms with Crippen molar-refractivity contribution in [2.75, 3.05) is 18.0 Å². The fraction of sp³-hybridized carbons (Fsp3) is 0.304. The molecule has 0 spiro atoms. The van der Waals surface area contributed by atoms with Crippen LogP contribution >= 0.6 is 0 Å². The second kappa shape index (κ2) is 10.9. The summed E-state index contributed by atoms with van der Waals surface area (Å²) in [5, 5.41) is 31.4. The highest BCUT2D eigenvalue weighted by molar-refractivity contribution is 5.90. The summed E-state index contributed by atoms with van der Waals surface area (Å²) in [6, 6.07) is 6.27. The van der Waals surface area contributed by atoms with Crippen LogP contribution in [0.3, 0.4) is 0 Å². The number of hydrogen-bond acceptors (Lipinski definition) is 9. The topological polar surface area (TPSA) is 173 Å². The van der Waals surface area contributed by atoms with Crippen LogP contribution in [0.4, 0.5) is 19.0 Å². The van der Waals surface area contributed by atoms with Gasteiger partial charge < -0.3 is 15.0 Å². The summed E-state index contributed by atoms with van der Waals surface area (Å²) in [5.41, 5.74) is 2.78. The van der Waals surface area contributed by atoms with E-state index in [1.807, 2.05) is 23.1 Å². The maximum absolute atomic E-state index is 10.6. The number of nitrogens with zero attached hydrogens (tertiary/aromatic N) is 9. The van der Waals surface area contributed by atoms with Gasteiger partial charge in [-0.05, 0) is 12.5 Å². The van der Waals surface area contributed by atoms with E-state index in [0.29, 0.717) is 24.5 Å². The molecule has 5 rings (SSSR count). The Kier molecular flexibility index (Phi) is 7.48. The van der Waals surface area contributed by atoms with E-state index in [-0.39, 0.29) is 12.0 Å². The van der Waals surface area contributed by atoms with Gasteiger partial charge in [-0.15, -0.1) is 0 Å². The SMILES string of the molecule is N#CC[C@@H]([C@H]1CCN(c2nccnc2C#N)C1)n1cc(-c2ncnc3[nH]ccc23)cn1.O=C(O)C(F)(F)F. The Morgan fingerprint density at radius 1 is 1.24 bits per heavy atom. The molecule has 0 radical (unpaired) electrons. The lowest BCUT2D eigenvalue weighted by Gasteiger charge is -2.23. The number of rotatable bonds is 5. The van der Waals surface area contributed by atoms with Crippen LogP contribution in [0.15, 0.2) is 43.4 Å². The van der Waals surface area contributed by atoms with Crippen LogP contribution < -0.4 is 4.90 Å². The first-order valence-corrected chi connectivity index (χ1v) is 11.2. The highest BCUT2D eigenvalue weighted by Gasteiger charge is 2.38. The van der Waals surface area contributed by atoms with E-state index >= 15 is 0 Å². The van der Waals surface area contributed by atoms with Crippen LogP contribution in [0.2, 0.25) is 0 Å². The van der Waals surface area contributed by atoms with Crippen molar-refractivity contribution in [3.05, 3.63) is 49.1 Å². The van der Waals surface area contributed by atoms with E-state index in [1.165, 1.54) is 12.5 Å². The summed E-state index contributed by atoms with van der Waals surface area (Å²) in [7, 11) is 0. The Bertz CT molecular complexity index is 1520. The predicted molar refractivity (Wildman–Crippen MR) is 125 cm³/mol. The third kappa shape index (κ3) is 5.52. The van der Waals surface area contributed by atoms with Gasteiger partial charge in [-0.1, -0.05) is 0 Å². The molecule has 12 nitrogen and oxygen atoms in total. The van der Waals surface area contributed by atoms with E-state index in [4.69, 9.17) is 9.90 Å². The number of fused-ring (bicyclic) bond motifs is 1. The molecule has 1 aliphatic heterocycles. The van der Waals surface area contributed by atoms with Gasteiger partial charge in [0.25, 0.3) is 0 Å². The van der Waals surface area contributed by atoms with Crippen LogP contribution in [-0.2, 0) is 4.79 Å². The van der Waals surface area contributed by atoms with Crippen molar-refractivity contribution in [1.82, 2.24) is 34.7 Å². The molecule has 0 saturated carbocycles. The molecule has 2 N–H and O–H groups in total. The number of aromatic nitrogens is 7. The molecule has 0 aliphatic carbocycles. The second-order valence-corrected chi connectivity index (χ2v) is 8.24. The Hall–Kier alpha value is -5.05. The first-order valence-electron chi connectivity index (χ1n) is 11.2. The molecular formula is C23H19F3N10O2. The van der Waals surface area contributed by atoms with Crippen LogP contribution in [0.25, 0.3) is 22.3 Å². The molecule has 38 heavy (non-hydrogen) atoms. The van der Waals surface area contributed by atoms with Gasteiger partial charge in [0.15, 0.2) is 11.5 Å². The fourth-order valence-electron chi connectivity index (χ4n) is 4.25. The van der Waals surface area contributed by atoms with Gasteiger partial charge in [0.1, 0.15) is 18.0 Å². The molecule has 0 aromatic carbocycles. The summed E-state index contributed by atoms with van der Waals surface area (Å²) >= 11 is 0. The molecule has 1 fully saturated rings. The molecule has 194 valence electrons. The first-order chi connectivity index (χ1) is 18.2. The van der Waals surface area contributed by atoms with Crippen molar-refractivity contribution in [3.63, 3.8) is 0 Å². The number of hydrogen-bond donors (Lipinski definition) is 2. The van der Waals surface area contributed by atoms with Crippen molar-refractivity contribution < 1.29 is 23.1 Å². The number of carboxylic acid groups (broad SMARTS) is 1. The number of aromatic amines is 1. The van der Waals surface area contributed by atoms with Crippen molar-refractivity contribution in [1.29, 1.82) is 10.5 Å². The predicted octanol–water partition coefficient (Wildman–Crippen LogP) is 3.10. The van der Waals surface area contributed by atoms with E-state index < -0.39 is 12.1 Å². The average Bonchev–Trinajstić information content (AvgIpc) is 3.68. The van der Waals surface area contributed by atoms with E-state index in [9.17, 15) is 23.7 Å². The first kappa shape index (κ1) is 26.0. The van der Waals surface area contributed by atoms with E-state index in [1.54, 1.807) is 12.4 Å². The number of aliphatic carboxylic acids is 1. The van der Waals surface area contributed by atoms with Crippen LogP contribution in [0.1, 0.15) is 24.6 Å². The maximum atomic E-state index is 10.6. The molecule has 0 unspecified atom stereocenters. The molecule has 4 aromatic rings. The lowest BCUT2D eigenvalue weighted by Crippen LogP contribution is -2.26. The number of halogens is 3.